The molecule has 0 saturated heterocycles. The van der Waals surface area contributed by atoms with Crippen molar-refractivity contribution in [3.8, 4) is 0 Å². The van der Waals surface area contributed by atoms with E-state index >= 15 is 0 Å². The highest BCUT2D eigenvalue weighted by Crippen LogP contribution is 2.28. The number of carbonyl (C=O) groups excluding carboxylic acids is 2. The van der Waals surface area contributed by atoms with Gasteiger partial charge in [0, 0.05) is 6.08 Å². The molecule has 0 bridgehead atoms. The Kier molecular flexibility index (Phi) is 3.66. The first kappa shape index (κ1) is 13.8. The molecule has 0 aromatic heterocycles. The van der Waals surface area contributed by atoms with Gasteiger partial charge < -0.3 is 13.9 Å². The summed E-state index contributed by atoms with van der Waals surface area (Å²) in [6.45, 7) is 9.26. The molecule has 0 spiro atoms. The van der Waals surface area contributed by atoms with Crippen molar-refractivity contribution in [1.29, 1.82) is 0 Å². The summed E-state index contributed by atoms with van der Waals surface area (Å²) in [5.41, 5.74) is -1.36. The monoisotopic (exact) mass is 258 g/mol. The fourth-order valence-electron chi connectivity index (χ4n) is 1.36. The van der Waals surface area contributed by atoms with Gasteiger partial charge in [0.05, 0.1) is 6.61 Å². The van der Waals surface area contributed by atoms with Crippen LogP contribution in [0.15, 0.2) is 11.8 Å². The van der Waals surface area contributed by atoms with Crippen LogP contribution in [0.3, 0.4) is 0 Å². The summed E-state index contributed by atoms with van der Waals surface area (Å²) in [5.74, 6) is -1.08. The molecule has 96 valence electrons. The maximum Gasteiger partial charge on any atom is 0.373 e. The summed E-state index contributed by atoms with van der Waals surface area (Å²) in [6.07, 6.45) is 1.39. The summed E-state index contributed by atoms with van der Waals surface area (Å²) in [7, 11) is -1.90. The van der Waals surface area contributed by atoms with Crippen LogP contribution in [0.25, 0.3) is 0 Å². The van der Waals surface area contributed by atoms with Crippen LogP contribution in [-0.4, -0.2) is 32.5 Å². The van der Waals surface area contributed by atoms with Gasteiger partial charge in [0.25, 0.3) is 0 Å². The van der Waals surface area contributed by atoms with Crippen molar-refractivity contribution >= 4 is 20.3 Å². The highest BCUT2D eigenvalue weighted by Gasteiger charge is 2.45. The molecule has 0 N–H and O–H groups in total. The summed E-state index contributed by atoms with van der Waals surface area (Å²) in [6, 6.07) is 0. The SMILES string of the molecule is CCOC(=O)C1(C)C=C(O[Si](C)(C)C)C(=O)O1. The lowest BCUT2D eigenvalue weighted by Gasteiger charge is -2.17. The minimum absolute atomic E-state index is 0.111. The fraction of sp³-hybridized carbons (Fsp3) is 0.636. The van der Waals surface area contributed by atoms with Gasteiger partial charge in [-0.1, -0.05) is 0 Å². The van der Waals surface area contributed by atoms with Crippen molar-refractivity contribution in [3.63, 3.8) is 0 Å². The van der Waals surface area contributed by atoms with Crippen molar-refractivity contribution in [1.82, 2.24) is 0 Å². The molecule has 0 saturated carbocycles. The quantitative estimate of drug-likeness (QED) is 0.566. The molecule has 0 radical (unpaired) electrons. The second-order valence-corrected chi connectivity index (χ2v) is 9.37. The second kappa shape index (κ2) is 4.52. The standard InChI is InChI=1S/C11H18O5Si/c1-6-14-10(13)11(2)7-8(9(12)15-11)16-17(3,4)5/h7H,6H2,1-5H3. The zero-order valence-corrected chi connectivity index (χ0v) is 11.8. The molecular weight excluding hydrogens is 240 g/mol. The predicted molar refractivity (Wildman–Crippen MR) is 63.6 cm³/mol. The van der Waals surface area contributed by atoms with Crippen LogP contribution < -0.4 is 0 Å². The van der Waals surface area contributed by atoms with E-state index in [-0.39, 0.29) is 12.4 Å². The number of ether oxygens (including phenoxy) is 2. The maximum absolute atomic E-state index is 11.6. The molecule has 1 rings (SSSR count). The molecule has 1 atom stereocenters. The zero-order valence-electron chi connectivity index (χ0n) is 10.8. The van der Waals surface area contributed by atoms with E-state index in [0.29, 0.717) is 0 Å². The summed E-state index contributed by atoms with van der Waals surface area (Å²) in [5, 5.41) is 0. The summed E-state index contributed by atoms with van der Waals surface area (Å²) >= 11 is 0. The molecule has 0 aromatic rings. The molecular formula is C11H18O5Si. The van der Waals surface area contributed by atoms with Crippen LogP contribution in [0.1, 0.15) is 13.8 Å². The lowest BCUT2D eigenvalue weighted by molar-refractivity contribution is -0.170. The zero-order chi connectivity index (χ0) is 13.3. The third kappa shape index (κ3) is 3.32. The highest BCUT2D eigenvalue weighted by atomic mass is 28.4. The average Bonchev–Trinajstić information content (AvgIpc) is 2.41. The first-order valence-electron chi connectivity index (χ1n) is 5.50. The first-order valence-corrected chi connectivity index (χ1v) is 8.91. The van der Waals surface area contributed by atoms with Crippen molar-refractivity contribution in [3.05, 3.63) is 11.8 Å². The second-order valence-electron chi connectivity index (χ2n) is 4.94. The Balaban J connectivity index is 2.87. The maximum atomic E-state index is 11.6. The smallest absolute Gasteiger partial charge is 0.373 e. The number of esters is 2. The Morgan fingerprint density at radius 1 is 1.47 bits per heavy atom. The van der Waals surface area contributed by atoms with Gasteiger partial charge in [0.15, 0.2) is 5.76 Å². The third-order valence-corrected chi connectivity index (χ3v) is 2.84. The Hall–Kier alpha value is -1.30. The number of hydrogen-bond donors (Lipinski definition) is 0. The molecule has 0 fully saturated rings. The van der Waals surface area contributed by atoms with Crippen LogP contribution >= 0.6 is 0 Å². The molecule has 17 heavy (non-hydrogen) atoms. The molecule has 0 amide bonds. The van der Waals surface area contributed by atoms with E-state index in [9.17, 15) is 9.59 Å². The van der Waals surface area contributed by atoms with Crippen molar-refractivity contribution in [2.75, 3.05) is 6.61 Å². The Morgan fingerprint density at radius 2 is 2.06 bits per heavy atom. The van der Waals surface area contributed by atoms with E-state index in [0.717, 1.165) is 0 Å². The predicted octanol–water partition coefficient (Wildman–Crippen LogP) is 1.60. The van der Waals surface area contributed by atoms with Gasteiger partial charge in [-0.2, -0.15) is 0 Å². The minimum atomic E-state index is -1.90. The van der Waals surface area contributed by atoms with Gasteiger partial charge in [0.2, 0.25) is 13.9 Å². The number of hydrogen-bond acceptors (Lipinski definition) is 5. The molecule has 1 heterocycles. The largest absolute Gasteiger partial charge is 0.540 e. The first-order chi connectivity index (χ1) is 7.68. The molecule has 1 unspecified atom stereocenters. The van der Waals surface area contributed by atoms with E-state index in [1.165, 1.54) is 13.0 Å². The Morgan fingerprint density at radius 3 is 2.53 bits per heavy atom. The van der Waals surface area contributed by atoms with E-state index in [2.05, 4.69) is 0 Å². The summed E-state index contributed by atoms with van der Waals surface area (Å²) < 4.78 is 15.4. The van der Waals surface area contributed by atoms with E-state index in [1.54, 1.807) is 6.92 Å². The molecule has 1 aliphatic rings. The van der Waals surface area contributed by atoms with Crippen LogP contribution in [0.2, 0.25) is 19.6 Å². The van der Waals surface area contributed by atoms with Crippen LogP contribution in [0.4, 0.5) is 0 Å². The Bertz CT molecular complexity index is 369. The van der Waals surface area contributed by atoms with Crippen molar-refractivity contribution in [2.45, 2.75) is 39.1 Å². The fourth-order valence-corrected chi connectivity index (χ4v) is 2.16. The van der Waals surface area contributed by atoms with Gasteiger partial charge in [-0.25, -0.2) is 9.59 Å². The molecule has 0 aromatic carbocycles. The number of rotatable bonds is 4. The number of cyclic esters (lactones) is 1. The summed E-state index contributed by atoms with van der Waals surface area (Å²) in [4.78, 5) is 23.2. The van der Waals surface area contributed by atoms with Crippen molar-refractivity contribution < 1.29 is 23.5 Å². The minimum Gasteiger partial charge on any atom is -0.540 e. The van der Waals surface area contributed by atoms with E-state index < -0.39 is 25.9 Å². The van der Waals surface area contributed by atoms with E-state index in [1.807, 2.05) is 19.6 Å². The van der Waals surface area contributed by atoms with Gasteiger partial charge in [-0.15, -0.1) is 0 Å². The third-order valence-electron chi connectivity index (χ3n) is 2.01. The molecule has 0 aliphatic carbocycles. The van der Waals surface area contributed by atoms with Crippen LogP contribution in [0.5, 0.6) is 0 Å². The van der Waals surface area contributed by atoms with Crippen LogP contribution in [-0.2, 0) is 23.5 Å². The lowest BCUT2D eigenvalue weighted by Crippen LogP contribution is -2.36. The molecule has 5 nitrogen and oxygen atoms in total. The molecule has 1 aliphatic heterocycles. The Labute approximate surface area is 102 Å². The van der Waals surface area contributed by atoms with Crippen LogP contribution in [0, 0.1) is 0 Å². The van der Waals surface area contributed by atoms with E-state index in [4.69, 9.17) is 13.9 Å². The molecule has 6 heteroatoms. The van der Waals surface area contributed by atoms with Gasteiger partial charge in [-0.3, -0.25) is 0 Å². The normalized spacial score (nSPS) is 24.1. The van der Waals surface area contributed by atoms with Gasteiger partial charge >= 0.3 is 11.9 Å². The number of carbonyl (C=O) groups is 2. The topological polar surface area (TPSA) is 61.8 Å². The lowest BCUT2D eigenvalue weighted by atomic mass is 10.1. The average molecular weight is 258 g/mol. The van der Waals surface area contributed by atoms with Crippen molar-refractivity contribution in [2.24, 2.45) is 0 Å². The van der Waals surface area contributed by atoms with Gasteiger partial charge in [-0.05, 0) is 33.5 Å². The van der Waals surface area contributed by atoms with Gasteiger partial charge in [0.1, 0.15) is 0 Å². The highest BCUT2D eigenvalue weighted by molar-refractivity contribution is 6.70.